The molecule has 2 aromatic rings. The number of ketones is 1. The van der Waals surface area contributed by atoms with Crippen LogP contribution in [0.25, 0.3) is 0 Å². The van der Waals surface area contributed by atoms with Gasteiger partial charge in [0.05, 0.1) is 6.04 Å². The second-order valence-corrected chi connectivity index (χ2v) is 5.79. The highest BCUT2D eigenvalue weighted by molar-refractivity contribution is 6.30. The first-order valence-electron chi connectivity index (χ1n) is 7.35. The second kappa shape index (κ2) is 7.90. The molecule has 1 amide bonds. The Labute approximate surface area is 140 Å². The molecule has 4 nitrogen and oxygen atoms in total. The van der Waals surface area contributed by atoms with Crippen LogP contribution < -0.4 is 10.6 Å². The van der Waals surface area contributed by atoms with Gasteiger partial charge in [-0.1, -0.05) is 23.7 Å². The van der Waals surface area contributed by atoms with Gasteiger partial charge in [0.15, 0.2) is 5.78 Å². The minimum atomic E-state index is -0.349. The molecule has 120 valence electrons. The van der Waals surface area contributed by atoms with Gasteiger partial charge in [-0.3, -0.25) is 9.59 Å². The first-order chi connectivity index (χ1) is 11.0. The predicted octanol–water partition coefficient (Wildman–Crippen LogP) is 3.66. The number of amides is 1. The van der Waals surface area contributed by atoms with Gasteiger partial charge < -0.3 is 10.6 Å². The predicted molar refractivity (Wildman–Crippen MR) is 92.8 cm³/mol. The zero-order valence-electron chi connectivity index (χ0n) is 13.1. The molecule has 0 saturated heterocycles. The number of benzene rings is 2. The molecule has 1 atom stereocenters. The molecule has 0 aliphatic carbocycles. The standard InChI is InChI=1S/C18H19ClN2O2/c1-12(20-11-14-3-7-16(19)8-4-14)18(23)21-17-9-5-15(6-10-17)13(2)22/h3-10,12,20H,11H2,1-2H3,(H,21,23)/t12-/m1/s1. The van der Waals surface area contributed by atoms with Gasteiger partial charge in [-0.25, -0.2) is 0 Å². The topological polar surface area (TPSA) is 58.2 Å². The van der Waals surface area contributed by atoms with Crippen LogP contribution >= 0.6 is 11.6 Å². The lowest BCUT2D eigenvalue weighted by atomic mass is 10.1. The Balaban J connectivity index is 1.86. The monoisotopic (exact) mass is 330 g/mol. The zero-order valence-corrected chi connectivity index (χ0v) is 13.9. The maximum absolute atomic E-state index is 12.1. The summed E-state index contributed by atoms with van der Waals surface area (Å²) in [6.45, 7) is 3.89. The van der Waals surface area contributed by atoms with Gasteiger partial charge in [0.1, 0.15) is 0 Å². The Morgan fingerprint density at radius 3 is 2.22 bits per heavy atom. The van der Waals surface area contributed by atoms with Crippen molar-refractivity contribution in [2.24, 2.45) is 0 Å². The summed E-state index contributed by atoms with van der Waals surface area (Å²) in [7, 11) is 0. The van der Waals surface area contributed by atoms with Crippen LogP contribution in [0.2, 0.25) is 5.02 Å². The van der Waals surface area contributed by atoms with Crippen molar-refractivity contribution in [1.82, 2.24) is 5.32 Å². The number of halogens is 1. The number of nitrogens with one attached hydrogen (secondary N) is 2. The van der Waals surface area contributed by atoms with E-state index in [1.807, 2.05) is 24.3 Å². The quantitative estimate of drug-likeness (QED) is 0.795. The van der Waals surface area contributed by atoms with E-state index in [-0.39, 0.29) is 17.7 Å². The number of anilines is 1. The molecular weight excluding hydrogens is 312 g/mol. The van der Waals surface area contributed by atoms with Crippen molar-refractivity contribution in [3.8, 4) is 0 Å². The fourth-order valence-corrected chi connectivity index (χ4v) is 2.13. The molecule has 0 heterocycles. The van der Waals surface area contributed by atoms with Crippen molar-refractivity contribution in [3.63, 3.8) is 0 Å². The zero-order chi connectivity index (χ0) is 16.8. The van der Waals surface area contributed by atoms with Crippen LogP contribution in [-0.4, -0.2) is 17.7 Å². The van der Waals surface area contributed by atoms with Crippen molar-refractivity contribution in [1.29, 1.82) is 0 Å². The third-order valence-electron chi connectivity index (χ3n) is 3.48. The maximum atomic E-state index is 12.1. The Morgan fingerprint density at radius 2 is 1.65 bits per heavy atom. The van der Waals surface area contributed by atoms with Crippen LogP contribution in [-0.2, 0) is 11.3 Å². The summed E-state index contributed by atoms with van der Waals surface area (Å²) in [6.07, 6.45) is 0. The fraction of sp³-hybridized carbons (Fsp3) is 0.222. The van der Waals surface area contributed by atoms with Gasteiger partial charge in [-0.15, -0.1) is 0 Å². The van der Waals surface area contributed by atoms with E-state index in [1.165, 1.54) is 6.92 Å². The molecule has 2 rings (SSSR count). The molecule has 2 N–H and O–H groups in total. The van der Waals surface area contributed by atoms with E-state index in [2.05, 4.69) is 10.6 Å². The van der Waals surface area contributed by atoms with E-state index in [9.17, 15) is 9.59 Å². The average molecular weight is 331 g/mol. The number of carbonyl (C=O) groups excluding carboxylic acids is 2. The molecule has 0 fully saturated rings. The van der Waals surface area contributed by atoms with Crippen LogP contribution in [0.4, 0.5) is 5.69 Å². The Bertz CT molecular complexity index is 681. The lowest BCUT2D eigenvalue weighted by Crippen LogP contribution is -2.37. The average Bonchev–Trinajstić information content (AvgIpc) is 2.54. The Kier molecular flexibility index (Phi) is 5.90. The summed E-state index contributed by atoms with van der Waals surface area (Å²) < 4.78 is 0. The summed E-state index contributed by atoms with van der Waals surface area (Å²) >= 11 is 5.84. The molecular formula is C18H19ClN2O2. The molecule has 0 aliphatic heterocycles. The lowest BCUT2D eigenvalue weighted by molar-refractivity contribution is -0.117. The van der Waals surface area contributed by atoms with E-state index in [0.29, 0.717) is 22.8 Å². The molecule has 0 spiro atoms. The SMILES string of the molecule is CC(=O)c1ccc(NC(=O)[C@@H](C)NCc2ccc(Cl)cc2)cc1. The summed E-state index contributed by atoms with van der Waals surface area (Å²) in [5.74, 6) is -0.129. The highest BCUT2D eigenvalue weighted by Crippen LogP contribution is 2.11. The van der Waals surface area contributed by atoms with E-state index < -0.39 is 0 Å². The Morgan fingerprint density at radius 1 is 1.04 bits per heavy atom. The first kappa shape index (κ1) is 17.2. The van der Waals surface area contributed by atoms with Crippen molar-refractivity contribution >= 4 is 29.0 Å². The van der Waals surface area contributed by atoms with E-state index >= 15 is 0 Å². The molecule has 0 radical (unpaired) electrons. The number of rotatable bonds is 6. The van der Waals surface area contributed by atoms with Crippen molar-refractivity contribution in [2.75, 3.05) is 5.32 Å². The van der Waals surface area contributed by atoms with Gasteiger partial charge in [0, 0.05) is 22.8 Å². The molecule has 0 aromatic heterocycles. The van der Waals surface area contributed by atoms with Gasteiger partial charge >= 0.3 is 0 Å². The molecule has 0 saturated carbocycles. The number of carbonyl (C=O) groups is 2. The van der Waals surface area contributed by atoms with E-state index in [1.54, 1.807) is 31.2 Å². The molecule has 0 aliphatic rings. The lowest BCUT2D eigenvalue weighted by Gasteiger charge is -2.14. The molecule has 23 heavy (non-hydrogen) atoms. The van der Waals surface area contributed by atoms with Crippen molar-refractivity contribution in [3.05, 3.63) is 64.7 Å². The summed E-state index contributed by atoms with van der Waals surface area (Å²) in [4.78, 5) is 23.4. The van der Waals surface area contributed by atoms with Crippen LogP contribution in [0.3, 0.4) is 0 Å². The summed E-state index contributed by atoms with van der Waals surface area (Å²) in [6, 6.07) is 14.0. The largest absolute Gasteiger partial charge is 0.325 e. The number of hydrogen-bond acceptors (Lipinski definition) is 3. The van der Waals surface area contributed by atoms with E-state index in [4.69, 9.17) is 11.6 Å². The second-order valence-electron chi connectivity index (χ2n) is 5.35. The first-order valence-corrected chi connectivity index (χ1v) is 7.73. The Hall–Kier alpha value is -2.17. The summed E-state index contributed by atoms with van der Waals surface area (Å²) in [5.41, 5.74) is 2.34. The van der Waals surface area contributed by atoms with Crippen molar-refractivity contribution in [2.45, 2.75) is 26.4 Å². The molecule has 0 unspecified atom stereocenters. The number of Topliss-reactive ketones (excluding diaryl/α,β-unsaturated/α-hetero) is 1. The van der Waals surface area contributed by atoms with Crippen LogP contribution in [0.5, 0.6) is 0 Å². The minimum absolute atomic E-state index is 0.000811. The van der Waals surface area contributed by atoms with Crippen LogP contribution in [0, 0.1) is 0 Å². The molecule has 5 heteroatoms. The minimum Gasteiger partial charge on any atom is -0.325 e. The van der Waals surface area contributed by atoms with Gasteiger partial charge in [-0.05, 0) is 55.8 Å². The van der Waals surface area contributed by atoms with Crippen molar-refractivity contribution < 1.29 is 9.59 Å². The normalized spacial score (nSPS) is 11.8. The van der Waals surface area contributed by atoms with Crippen LogP contribution in [0.1, 0.15) is 29.8 Å². The number of hydrogen-bond donors (Lipinski definition) is 2. The van der Waals surface area contributed by atoms with E-state index in [0.717, 1.165) is 5.56 Å². The maximum Gasteiger partial charge on any atom is 0.241 e. The van der Waals surface area contributed by atoms with Crippen LogP contribution in [0.15, 0.2) is 48.5 Å². The summed E-state index contributed by atoms with van der Waals surface area (Å²) in [5, 5.41) is 6.67. The third-order valence-corrected chi connectivity index (χ3v) is 3.73. The third kappa shape index (κ3) is 5.20. The van der Waals surface area contributed by atoms with Gasteiger partial charge in [0.25, 0.3) is 0 Å². The molecule has 0 bridgehead atoms. The highest BCUT2D eigenvalue weighted by Gasteiger charge is 2.12. The fourth-order valence-electron chi connectivity index (χ4n) is 2.00. The van der Waals surface area contributed by atoms with Gasteiger partial charge in [-0.2, -0.15) is 0 Å². The van der Waals surface area contributed by atoms with Gasteiger partial charge in [0.2, 0.25) is 5.91 Å². The smallest absolute Gasteiger partial charge is 0.241 e. The highest BCUT2D eigenvalue weighted by atomic mass is 35.5. The molecule has 2 aromatic carbocycles.